The summed E-state index contributed by atoms with van der Waals surface area (Å²) in [6, 6.07) is 24.0. The lowest BCUT2D eigenvalue weighted by Crippen LogP contribution is -2.18. The number of benzene rings is 3. The van der Waals surface area contributed by atoms with E-state index in [1.165, 1.54) is 33.0 Å². The topological polar surface area (TPSA) is 12.0 Å². The van der Waals surface area contributed by atoms with Crippen molar-refractivity contribution in [1.82, 2.24) is 5.32 Å². The van der Waals surface area contributed by atoms with Crippen molar-refractivity contribution in [3.63, 3.8) is 0 Å². The average Bonchev–Trinajstić information content (AvgIpc) is 2.71. The largest absolute Gasteiger partial charge is 0.306 e. The molecule has 0 saturated heterocycles. The van der Waals surface area contributed by atoms with Gasteiger partial charge in [0.2, 0.25) is 0 Å². The summed E-state index contributed by atoms with van der Waals surface area (Å²) in [6.07, 6.45) is 4.29. The Morgan fingerprint density at radius 2 is 1.67 bits per heavy atom. The number of hydrogen-bond acceptors (Lipinski definition) is 1. The second-order valence-corrected chi connectivity index (χ2v) is 7.28. The molecule has 0 amide bonds. The van der Waals surface area contributed by atoms with Crippen LogP contribution < -0.4 is 5.32 Å². The molecule has 0 fully saturated rings. The Bertz CT molecular complexity index is 937. The lowest BCUT2D eigenvalue weighted by molar-refractivity contribution is 0.574. The van der Waals surface area contributed by atoms with Gasteiger partial charge in [0.1, 0.15) is 0 Å². The molecule has 27 heavy (non-hydrogen) atoms. The van der Waals surface area contributed by atoms with Gasteiger partial charge in [-0.05, 0) is 52.8 Å². The Kier molecular flexibility index (Phi) is 6.26. The minimum absolute atomic E-state index is 0.307. The fourth-order valence-corrected chi connectivity index (χ4v) is 3.60. The van der Waals surface area contributed by atoms with Crippen LogP contribution in [0.15, 0.2) is 85.5 Å². The van der Waals surface area contributed by atoms with Crippen LogP contribution in [-0.2, 0) is 6.54 Å². The summed E-state index contributed by atoms with van der Waals surface area (Å²) in [5, 5.41) is 6.29. The van der Waals surface area contributed by atoms with Gasteiger partial charge in [0, 0.05) is 12.6 Å². The highest BCUT2D eigenvalue weighted by molar-refractivity contribution is 5.95. The van der Waals surface area contributed by atoms with Crippen molar-refractivity contribution in [2.24, 2.45) is 5.92 Å². The number of rotatable bonds is 7. The van der Waals surface area contributed by atoms with Crippen LogP contribution in [0, 0.1) is 5.92 Å². The molecular formula is C26H29N. The molecule has 1 heteroatoms. The lowest BCUT2D eigenvalue weighted by Gasteiger charge is -2.19. The molecule has 0 spiro atoms. The molecule has 0 radical (unpaired) electrons. The van der Waals surface area contributed by atoms with Crippen molar-refractivity contribution in [3.8, 4) is 0 Å². The summed E-state index contributed by atoms with van der Waals surface area (Å²) in [6.45, 7) is 11.4. The van der Waals surface area contributed by atoms with Crippen molar-refractivity contribution in [2.75, 3.05) is 0 Å². The van der Waals surface area contributed by atoms with Crippen LogP contribution >= 0.6 is 0 Å². The normalized spacial score (nSPS) is 14.1. The molecule has 3 aromatic carbocycles. The lowest BCUT2D eigenvalue weighted by atomic mass is 9.92. The third kappa shape index (κ3) is 4.56. The van der Waals surface area contributed by atoms with Gasteiger partial charge in [0.15, 0.2) is 0 Å². The van der Waals surface area contributed by atoms with Gasteiger partial charge in [0.05, 0.1) is 0 Å². The Labute approximate surface area is 163 Å². The van der Waals surface area contributed by atoms with Crippen LogP contribution in [-0.4, -0.2) is 0 Å². The number of fused-ring (bicyclic) bond motifs is 1. The van der Waals surface area contributed by atoms with Crippen LogP contribution in [0.1, 0.15) is 43.5 Å². The third-order valence-electron chi connectivity index (χ3n) is 5.19. The van der Waals surface area contributed by atoms with Crippen molar-refractivity contribution >= 4 is 16.3 Å². The number of hydrogen-bond donors (Lipinski definition) is 1. The highest BCUT2D eigenvalue weighted by atomic mass is 14.9. The molecule has 1 N–H and O–H groups in total. The Morgan fingerprint density at radius 1 is 0.963 bits per heavy atom. The summed E-state index contributed by atoms with van der Waals surface area (Å²) < 4.78 is 0. The Balaban J connectivity index is 1.96. The maximum absolute atomic E-state index is 3.93. The van der Waals surface area contributed by atoms with Gasteiger partial charge in [-0.2, -0.15) is 0 Å². The van der Waals surface area contributed by atoms with E-state index in [-0.39, 0.29) is 0 Å². The quantitative estimate of drug-likeness (QED) is 0.454. The first-order chi connectivity index (χ1) is 13.1. The highest BCUT2D eigenvalue weighted by Crippen LogP contribution is 2.30. The zero-order valence-corrected chi connectivity index (χ0v) is 16.6. The molecule has 0 aliphatic rings. The Morgan fingerprint density at radius 3 is 2.41 bits per heavy atom. The first-order valence-corrected chi connectivity index (χ1v) is 9.70. The summed E-state index contributed by atoms with van der Waals surface area (Å²) in [7, 11) is 0. The molecule has 3 aromatic rings. The summed E-state index contributed by atoms with van der Waals surface area (Å²) in [5.74, 6) is 0.355. The molecule has 0 heterocycles. The SMILES string of the molecule is C=CC(C)/C=C(\C)c1c(CNC(C)c2ccccc2)ccc2ccccc12. The average molecular weight is 356 g/mol. The molecule has 0 aromatic heterocycles. The van der Waals surface area contributed by atoms with Crippen LogP contribution in [0.5, 0.6) is 0 Å². The molecule has 0 aliphatic heterocycles. The minimum atomic E-state index is 0.307. The minimum Gasteiger partial charge on any atom is -0.306 e. The van der Waals surface area contributed by atoms with E-state index in [1.807, 2.05) is 6.08 Å². The molecule has 0 bridgehead atoms. The zero-order valence-electron chi connectivity index (χ0n) is 16.6. The highest BCUT2D eigenvalue weighted by Gasteiger charge is 2.12. The summed E-state index contributed by atoms with van der Waals surface area (Å²) in [4.78, 5) is 0. The van der Waals surface area contributed by atoms with Gasteiger partial charge in [-0.1, -0.05) is 85.8 Å². The summed E-state index contributed by atoms with van der Waals surface area (Å²) >= 11 is 0. The molecule has 2 unspecified atom stereocenters. The van der Waals surface area contributed by atoms with E-state index >= 15 is 0 Å². The van der Waals surface area contributed by atoms with Gasteiger partial charge in [-0.25, -0.2) is 0 Å². The van der Waals surface area contributed by atoms with E-state index in [0.717, 1.165) is 6.54 Å². The van der Waals surface area contributed by atoms with E-state index in [0.29, 0.717) is 12.0 Å². The van der Waals surface area contributed by atoms with Crippen LogP contribution in [0.25, 0.3) is 16.3 Å². The predicted octanol–water partition coefficient (Wildman–Crippen LogP) is 6.92. The van der Waals surface area contributed by atoms with Gasteiger partial charge >= 0.3 is 0 Å². The monoisotopic (exact) mass is 355 g/mol. The van der Waals surface area contributed by atoms with Gasteiger partial charge in [-0.15, -0.1) is 6.58 Å². The number of nitrogens with one attached hydrogen (secondary N) is 1. The zero-order chi connectivity index (χ0) is 19.2. The molecule has 2 atom stereocenters. The second-order valence-electron chi connectivity index (χ2n) is 7.28. The van der Waals surface area contributed by atoms with Crippen molar-refractivity contribution < 1.29 is 0 Å². The smallest absolute Gasteiger partial charge is 0.0294 e. The standard InChI is InChI=1S/C26H29N/c1-5-19(2)17-20(3)26-24(16-15-23-13-9-10-14-25(23)26)18-27-21(4)22-11-7-6-8-12-22/h5-17,19,21,27H,1,18H2,2-4H3/b20-17+. The van der Waals surface area contributed by atoms with Crippen molar-refractivity contribution in [2.45, 2.75) is 33.4 Å². The number of allylic oxidation sites excluding steroid dienone is 3. The molecule has 138 valence electrons. The maximum Gasteiger partial charge on any atom is 0.0294 e. The van der Waals surface area contributed by atoms with E-state index in [9.17, 15) is 0 Å². The molecule has 1 nitrogen and oxygen atoms in total. The first-order valence-electron chi connectivity index (χ1n) is 9.70. The van der Waals surface area contributed by atoms with Crippen molar-refractivity contribution in [1.29, 1.82) is 0 Å². The molecule has 3 rings (SSSR count). The van der Waals surface area contributed by atoms with Gasteiger partial charge in [-0.3, -0.25) is 0 Å². The second kappa shape index (κ2) is 8.83. The summed E-state index contributed by atoms with van der Waals surface area (Å²) in [5.41, 5.74) is 5.30. The van der Waals surface area contributed by atoms with Crippen molar-refractivity contribution in [3.05, 3.63) is 102 Å². The third-order valence-corrected chi connectivity index (χ3v) is 5.19. The van der Waals surface area contributed by atoms with E-state index in [4.69, 9.17) is 0 Å². The van der Waals surface area contributed by atoms with Crippen LogP contribution in [0.2, 0.25) is 0 Å². The molecule has 0 aliphatic carbocycles. The fourth-order valence-electron chi connectivity index (χ4n) is 3.60. The van der Waals surface area contributed by atoms with Gasteiger partial charge < -0.3 is 5.32 Å². The molecule has 0 saturated carbocycles. The Hall–Kier alpha value is -2.64. The first kappa shape index (κ1) is 19.1. The van der Waals surface area contributed by atoms with E-state index in [1.54, 1.807) is 0 Å². The maximum atomic E-state index is 3.93. The van der Waals surface area contributed by atoms with Crippen LogP contribution in [0.3, 0.4) is 0 Å². The predicted molar refractivity (Wildman–Crippen MR) is 119 cm³/mol. The van der Waals surface area contributed by atoms with Crippen LogP contribution in [0.4, 0.5) is 0 Å². The molecular weight excluding hydrogens is 326 g/mol. The fraction of sp³-hybridized carbons (Fsp3) is 0.231. The van der Waals surface area contributed by atoms with Gasteiger partial charge in [0.25, 0.3) is 0 Å². The van der Waals surface area contributed by atoms with E-state index in [2.05, 4.69) is 105 Å². The van der Waals surface area contributed by atoms with E-state index < -0.39 is 0 Å².